The van der Waals surface area contributed by atoms with Crippen molar-refractivity contribution in [2.45, 2.75) is 13.1 Å². The van der Waals surface area contributed by atoms with Crippen LogP contribution in [0.1, 0.15) is 5.56 Å². The first-order valence-corrected chi connectivity index (χ1v) is 6.88. The van der Waals surface area contributed by atoms with Crippen molar-refractivity contribution >= 4 is 0 Å². The van der Waals surface area contributed by atoms with E-state index in [9.17, 15) is 0 Å². The maximum Gasteiger partial charge on any atom is 0.142 e. The first-order chi connectivity index (χ1) is 9.92. The molecule has 2 heterocycles. The lowest BCUT2D eigenvalue weighted by Crippen LogP contribution is -2.34. The monoisotopic (exact) mass is 273 g/mol. The van der Waals surface area contributed by atoms with Gasteiger partial charge in [0.2, 0.25) is 0 Å². The molecule has 0 N–H and O–H groups in total. The Morgan fingerprint density at radius 3 is 3.00 bits per heavy atom. The van der Waals surface area contributed by atoms with Gasteiger partial charge < -0.3 is 14.0 Å². The van der Waals surface area contributed by atoms with E-state index in [1.54, 1.807) is 12.5 Å². The lowest BCUT2D eigenvalue weighted by atomic mass is 10.2. The third-order valence-corrected chi connectivity index (χ3v) is 3.37. The van der Waals surface area contributed by atoms with E-state index in [1.807, 2.05) is 29.0 Å². The molecule has 0 fully saturated rings. The third-order valence-electron chi connectivity index (χ3n) is 3.37. The summed E-state index contributed by atoms with van der Waals surface area (Å²) in [6.45, 7) is 4.74. The van der Waals surface area contributed by atoms with Gasteiger partial charge in [0.05, 0.1) is 19.5 Å². The van der Waals surface area contributed by atoms with Gasteiger partial charge in [-0.15, -0.1) is 0 Å². The Balaban J connectivity index is 1.36. The van der Waals surface area contributed by atoms with E-state index >= 15 is 0 Å². The van der Waals surface area contributed by atoms with Gasteiger partial charge in [-0.25, -0.2) is 4.98 Å². The average molecular weight is 273 g/mol. The highest BCUT2D eigenvalue weighted by atomic mass is 16.5. The summed E-state index contributed by atoms with van der Waals surface area (Å²) in [6.07, 6.45) is 5.53. The van der Waals surface area contributed by atoms with E-state index in [-0.39, 0.29) is 0 Å². The van der Waals surface area contributed by atoms with Crippen LogP contribution in [0.2, 0.25) is 0 Å². The highest BCUT2D eigenvalue weighted by molar-refractivity contribution is 5.34. The van der Waals surface area contributed by atoms with Crippen LogP contribution in [0.4, 0.5) is 0 Å². The SMILES string of the molecule is c1ccc2c(c1)CN(CCOCCn1ccnc1)CO2. The maximum absolute atomic E-state index is 5.71. The van der Waals surface area contributed by atoms with E-state index in [0.29, 0.717) is 13.3 Å². The van der Waals surface area contributed by atoms with Crippen LogP contribution in [-0.2, 0) is 17.8 Å². The van der Waals surface area contributed by atoms with Gasteiger partial charge >= 0.3 is 0 Å². The van der Waals surface area contributed by atoms with Crippen molar-refractivity contribution in [1.82, 2.24) is 14.5 Å². The molecule has 0 aliphatic carbocycles. The molecule has 5 nitrogen and oxygen atoms in total. The standard InChI is InChI=1S/C15H19N3O2/c1-2-4-15-14(3-1)11-18(13-20-15)8-10-19-9-7-17-6-5-16-12-17/h1-6,12H,7-11,13H2. The number of imidazole rings is 1. The van der Waals surface area contributed by atoms with Crippen LogP contribution < -0.4 is 4.74 Å². The molecule has 0 spiro atoms. The fourth-order valence-corrected chi connectivity index (χ4v) is 2.25. The summed E-state index contributed by atoms with van der Waals surface area (Å²) in [5.74, 6) is 1.00. The minimum atomic E-state index is 0.641. The molecule has 0 saturated heterocycles. The van der Waals surface area contributed by atoms with Gasteiger partial charge in [-0.05, 0) is 6.07 Å². The zero-order valence-electron chi connectivity index (χ0n) is 11.4. The number of aromatic nitrogens is 2. The molecular formula is C15H19N3O2. The zero-order valence-corrected chi connectivity index (χ0v) is 11.4. The van der Waals surface area contributed by atoms with Gasteiger partial charge in [0.1, 0.15) is 12.5 Å². The quantitative estimate of drug-likeness (QED) is 0.752. The van der Waals surface area contributed by atoms with Crippen LogP contribution >= 0.6 is 0 Å². The number of para-hydroxylation sites is 1. The second-order valence-corrected chi connectivity index (χ2v) is 4.85. The molecule has 0 amide bonds. The molecule has 5 heteroatoms. The summed E-state index contributed by atoms with van der Waals surface area (Å²) < 4.78 is 13.4. The Morgan fingerprint density at radius 1 is 1.20 bits per heavy atom. The molecule has 0 radical (unpaired) electrons. The lowest BCUT2D eigenvalue weighted by Gasteiger charge is -2.28. The predicted octanol–water partition coefficient (Wildman–Crippen LogP) is 1.75. The fourth-order valence-electron chi connectivity index (χ4n) is 2.25. The van der Waals surface area contributed by atoms with Crippen LogP contribution in [0.25, 0.3) is 0 Å². The van der Waals surface area contributed by atoms with Gasteiger partial charge in [0, 0.05) is 37.6 Å². The largest absolute Gasteiger partial charge is 0.478 e. The summed E-state index contributed by atoms with van der Waals surface area (Å²) in [6, 6.07) is 8.19. The highest BCUT2D eigenvalue weighted by Gasteiger charge is 2.15. The number of ether oxygens (including phenoxy) is 2. The zero-order chi connectivity index (χ0) is 13.6. The second kappa shape index (κ2) is 6.54. The van der Waals surface area contributed by atoms with Crippen molar-refractivity contribution in [3.63, 3.8) is 0 Å². The topological polar surface area (TPSA) is 39.5 Å². The van der Waals surface area contributed by atoms with E-state index in [1.165, 1.54) is 5.56 Å². The molecule has 1 aliphatic rings. The van der Waals surface area contributed by atoms with Crippen LogP contribution in [-0.4, -0.2) is 40.9 Å². The summed E-state index contributed by atoms with van der Waals surface area (Å²) >= 11 is 0. The van der Waals surface area contributed by atoms with Gasteiger partial charge in [-0.3, -0.25) is 4.90 Å². The van der Waals surface area contributed by atoms with Crippen LogP contribution in [0.3, 0.4) is 0 Å². The molecule has 0 atom stereocenters. The Kier molecular flexibility index (Phi) is 4.30. The van der Waals surface area contributed by atoms with Crippen LogP contribution in [0.5, 0.6) is 5.75 Å². The van der Waals surface area contributed by atoms with Crippen molar-refractivity contribution < 1.29 is 9.47 Å². The van der Waals surface area contributed by atoms with Gasteiger partial charge in [0.15, 0.2) is 0 Å². The first-order valence-electron chi connectivity index (χ1n) is 6.88. The number of hydrogen-bond acceptors (Lipinski definition) is 4. The van der Waals surface area contributed by atoms with E-state index < -0.39 is 0 Å². The molecule has 0 saturated carbocycles. The number of nitrogens with zero attached hydrogens (tertiary/aromatic N) is 3. The second-order valence-electron chi connectivity index (χ2n) is 4.85. The van der Waals surface area contributed by atoms with Crippen LogP contribution in [0, 0.1) is 0 Å². The molecule has 1 aliphatic heterocycles. The van der Waals surface area contributed by atoms with E-state index in [2.05, 4.69) is 16.0 Å². The minimum Gasteiger partial charge on any atom is -0.478 e. The highest BCUT2D eigenvalue weighted by Crippen LogP contribution is 2.23. The summed E-state index contributed by atoms with van der Waals surface area (Å²) in [4.78, 5) is 6.25. The van der Waals surface area contributed by atoms with E-state index in [4.69, 9.17) is 9.47 Å². The van der Waals surface area contributed by atoms with Gasteiger partial charge in [-0.2, -0.15) is 0 Å². The molecular weight excluding hydrogens is 254 g/mol. The average Bonchev–Trinajstić information content (AvgIpc) is 3.00. The molecule has 3 rings (SSSR count). The molecule has 20 heavy (non-hydrogen) atoms. The Labute approximate surface area is 118 Å². The van der Waals surface area contributed by atoms with Crippen molar-refractivity contribution in [3.05, 3.63) is 48.5 Å². The first kappa shape index (κ1) is 13.1. The summed E-state index contributed by atoms with van der Waals surface area (Å²) in [5, 5.41) is 0. The molecule has 0 bridgehead atoms. The lowest BCUT2D eigenvalue weighted by molar-refractivity contribution is 0.0484. The molecule has 2 aromatic rings. The minimum absolute atomic E-state index is 0.641. The Bertz CT molecular complexity index is 528. The summed E-state index contributed by atoms with van der Waals surface area (Å²) in [7, 11) is 0. The molecule has 0 unspecified atom stereocenters. The third kappa shape index (κ3) is 3.37. The van der Waals surface area contributed by atoms with Crippen molar-refractivity contribution in [1.29, 1.82) is 0 Å². The van der Waals surface area contributed by atoms with Gasteiger partial charge in [-0.1, -0.05) is 18.2 Å². The molecule has 106 valence electrons. The number of rotatable bonds is 6. The molecule has 1 aromatic heterocycles. The van der Waals surface area contributed by atoms with Crippen LogP contribution in [0.15, 0.2) is 43.0 Å². The Morgan fingerprint density at radius 2 is 2.10 bits per heavy atom. The smallest absolute Gasteiger partial charge is 0.142 e. The summed E-state index contributed by atoms with van der Waals surface area (Å²) in [5.41, 5.74) is 1.25. The molecule has 1 aromatic carbocycles. The predicted molar refractivity (Wildman–Crippen MR) is 75.4 cm³/mol. The van der Waals surface area contributed by atoms with Crippen molar-refractivity contribution in [3.8, 4) is 5.75 Å². The van der Waals surface area contributed by atoms with Crippen molar-refractivity contribution in [2.24, 2.45) is 0 Å². The maximum atomic E-state index is 5.71. The van der Waals surface area contributed by atoms with Crippen molar-refractivity contribution in [2.75, 3.05) is 26.5 Å². The number of benzene rings is 1. The Hall–Kier alpha value is -1.85. The fraction of sp³-hybridized carbons (Fsp3) is 0.400. The van der Waals surface area contributed by atoms with E-state index in [0.717, 1.165) is 32.0 Å². The number of hydrogen-bond donors (Lipinski definition) is 0. The van der Waals surface area contributed by atoms with Gasteiger partial charge in [0.25, 0.3) is 0 Å². The number of fused-ring (bicyclic) bond motifs is 1. The normalized spacial score (nSPS) is 14.8.